The summed E-state index contributed by atoms with van der Waals surface area (Å²) in [5.74, 6) is 1.87. The van der Waals surface area contributed by atoms with Crippen molar-refractivity contribution in [2.75, 3.05) is 31.3 Å². The smallest absolute Gasteiger partial charge is 0.178 e. The molecule has 0 aromatic carbocycles. The molecule has 5 heteroatoms. The van der Waals surface area contributed by atoms with Crippen LogP contribution in [0.2, 0.25) is 0 Å². The summed E-state index contributed by atoms with van der Waals surface area (Å²) in [5, 5.41) is 0.996. The minimum atomic E-state index is 0.201. The monoisotopic (exact) mass is 280 g/mol. The Hall–Kier alpha value is -1.23. The largest absolute Gasteiger partial charge is 0.492 e. The van der Waals surface area contributed by atoms with Crippen molar-refractivity contribution in [3.63, 3.8) is 0 Å². The Bertz CT molecular complexity index is 504. The summed E-state index contributed by atoms with van der Waals surface area (Å²) in [6.45, 7) is 1.02. The van der Waals surface area contributed by atoms with Crippen molar-refractivity contribution in [1.82, 2.24) is 0 Å². The summed E-state index contributed by atoms with van der Waals surface area (Å²) in [6, 6.07) is 0. The number of carbonyl (C=O) groups is 1. The highest BCUT2D eigenvalue weighted by molar-refractivity contribution is 7.19. The molecule has 0 atom stereocenters. The van der Waals surface area contributed by atoms with Gasteiger partial charge < -0.3 is 15.4 Å². The highest BCUT2D eigenvalue weighted by atomic mass is 32.1. The molecule has 1 heterocycles. The van der Waals surface area contributed by atoms with Crippen LogP contribution in [0.5, 0.6) is 5.75 Å². The SMILES string of the molecule is COc1c(N(C)CC2CC2)sc(C(=O)C2CC2)c1N. The van der Waals surface area contributed by atoms with Crippen molar-refractivity contribution in [3.05, 3.63) is 4.88 Å². The van der Waals surface area contributed by atoms with Crippen LogP contribution in [0, 0.1) is 11.8 Å². The Labute approximate surface area is 117 Å². The van der Waals surface area contributed by atoms with Crippen molar-refractivity contribution in [1.29, 1.82) is 0 Å². The zero-order chi connectivity index (χ0) is 13.6. The number of ether oxygens (including phenoxy) is 1. The van der Waals surface area contributed by atoms with Gasteiger partial charge in [-0.15, -0.1) is 11.3 Å². The van der Waals surface area contributed by atoms with Crippen LogP contribution in [0.4, 0.5) is 10.7 Å². The second-order valence-corrected chi connectivity index (χ2v) is 6.64. The van der Waals surface area contributed by atoms with E-state index >= 15 is 0 Å². The van der Waals surface area contributed by atoms with Crippen molar-refractivity contribution in [3.8, 4) is 5.75 Å². The first-order valence-corrected chi connectivity index (χ1v) is 7.65. The third-order valence-corrected chi connectivity index (χ3v) is 5.15. The molecule has 0 amide bonds. The number of rotatable bonds is 6. The van der Waals surface area contributed by atoms with E-state index in [-0.39, 0.29) is 11.7 Å². The minimum Gasteiger partial charge on any atom is -0.492 e. The molecular formula is C14H20N2O2S. The van der Waals surface area contributed by atoms with Crippen LogP contribution in [0.3, 0.4) is 0 Å². The van der Waals surface area contributed by atoms with E-state index in [0.29, 0.717) is 16.3 Å². The molecule has 2 N–H and O–H groups in total. The van der Waals surface area contributed by atoms with Crippen molar-refractivity contribution in [2.45, 2.75) is 25.7 Å². The fraction of sp³-hybridized carbons (Fsp3) is 0.643. The van der Waals surface area contributed by atoms with Gasteiger partial charge in [0, 0.05) is 19.5 Å². The maximum atomic E-state index is 12.2. The number of nitrogen functional groups attached to an aromatic ring is 1. The minimum absolute atomic E-state index is 0.201. The Kier molecular flexibility index (Phi) is 3.17. The van der Waals surface area contributed by atoms with Gasteiger partial charge in [0.05, 0.1) is 17.7 Å². The molecule has 1 aromatic rings. The first kappa shape index (κ1) is 12.8. The van der Waals surface area contributed by atoms with E-state index in [1.165, 1.54) is 24.2 Å². The van der Waals surface area contributed by atoms with E-state index in [0.717, 1.165) is 30.3 Å². The molecule has 0 aliphatic heterocycles. The molecule has 3 rings (SSSR count). The lowest BCUT2D eigenvalue weighted by atomic mass is 10.2. The van der Waals surface area contributed by atoms with Gasteiger partial charge in [-0.3, -0.25) is 4.79 Å². The number of anilines is 2. The number of ketones is 1. The molecule has 19 heavy (non-hydrogen) atoms. The third-order valence-electron chi connectivity index (χ3n) is 3.83. The first-order chi connectivity index (χ1) is 9.11. The molecule has 0 unspecified atom stereocenters. The molecular weight excluding hydrogens is 260 g/mol. The van der Waals surface area contributed by atoms with Gasteiger partial charge in [-0.2, -0.15) is 0 Å². The highest BCUT2D eigenvalue weighted by Gasteiger charge is 2.35. The summed E-state index contributed by atoms with van der Waals surface area (Å²) in [5.41, 5.74) is 6.63. The lowest BCUT2D eigenvalue weighted by molar-refractivity contribution is 0.0972. The molecule has 2 saturated carbocycles. The van der Waals surface area contributed by atoms with E-state index in [9.17, 15) is 4.79 Å². The van der Waals surface area contributed by atoms with Crippen molar-refractivity contribution in [2.24, 2.45) is 11.8 Å². The normalized spacial score (nSPS) is 18.4. The van der Waals surface area contributed by atoms with E-state index in [1.807, 2.05) is 0 Å². The number of carbonyl (C=O) groups excluding carboxylic acids is 1. The Morgan fingerprint density at radius 3 is 2.63 bits per heavy atom. The average molecular weight is 280 g/mol. The molecule has 2 aliphatic rings. The fourth-order valence-electron chi connectivity index (χ4n) is 2.35. The molecule has 104 valence electrons. The molecule has 0 spiro atoms. The second kappa shape index (κ2) is 4.71. The van der Waals surface area contributed by atoms with E-state index in [2.05, 4.69) is 11.9 Å². The molecule has 4 nitrogen and oxygen atoms in total. The molecule has 0 bridgehead atoms. The van der Waals surface area contributed by atoms with E-state index in [4.69, 9.17) is 10.5 Å². The lowest BCUT2D eigenvalue weighted by Gasteiger charge is -2.18. The number of nitrogens with two attached hydrogens (primary N) is 1. The van der Waals surface area contributed by atoms with Crippen LogP contribution in [-0.4, -0.2) is 26.5 Å². The maximum absolute atomic E-state index is 12.2. The number of nitrogens with zero attached hydrogens (tertiary/aromatic N) is 1. The summed E-state index contributed by atoms with van der Waals surface area (Å²) < 4.78 is 5.42. The first-order valence-electron chi connectivity index (χ1n) is 6.83. The van der Waals surface area contributed by atoms with Gasteiger partial charge in [-0.1, -0.05) is 0 Å². The average Bonchev–Trinajstić information content (AvgIpc) is 3.26. The van der Waals surface area contributed by atoms with Gasteiger partial charge in [0.15, 0.2) is 11.5 Å². The van der Waals surface area contributed by atoms with Gasteiger partial charge in [0.25, 0.3) is 0 Å². The van der Waals surface area contributed by atoms with Crippen molar-refractivity contribution < 1.29 is 9.53 Å². The Morgan fingerprint density at radius 1 is 1.42 bits per heavy atom. The number of Topliss-reactive ketones (excluding diaryl/α,β-unsaturated/α-hetero) is 1. The van der Waals surface area contributed by atoms with Crippen LogP contribution in [0.25, 0.3) is 0 Å². The maximum Gasteiger partial charge on any atom is 0.178 e. The lowest BCUT2D eigenvalue weighted by Crippen LogP contribution is -2.19. The van der Waals surface area contributed by atoms with Crippen LogP contribution in [0.15, 0.2) is 0 Å². The zero-order valence-electron chi connectivity index (χ0n) is 11.4. The Morgan fingerprint density at radius 2 is 2.11 bits per heavy atom. The topological polar surface area (TPSA) is 55.6 Å². The molecule has 2 aliphatic carbocycles. The number of hydrogen-bond acceptors (Lipinski definition) is 5. The molecule has 0 saturated heterocycles. The van der Waals surface area contributed by atoms with E-state index in [1.54, 1.807) is 7.11 Å². The quantitative estimate of drug-likeness (QED) is 0.814. The fourth-order valence-corrected chi connectivity index (χ4v) is 3.53. The van der Waals surface area contributed by atoms with Crippen LogP contribution < -0.4 is 15.4 Å². The summed E-state index contributed by atoms with van der Waals surface area (Å²) >= 11 is 1.49. The second-order valence-electron chi connectivity index (χ2n) is 5.65. The molecule has 2 fully saturated rings. The highest BCUT2D eigenvalue weighted by Crippen LogP contribution is 2.48. The van der Waals surface area contributed by atoms with E-state index < -0.39 is 0 Å². The predicted molar refractivity (Wildman–Crippen MR) is 78.3 cm³/mol. The zero-order valence-corrected chi connectivity index (χ0v) is 12.3. The number of hydrogen-bond donors (Lipinski definition) is 1. The standard InChI is InChI=1S/C14H20N2O2S/c1-16(7-8-3-4-8)14-12(18-2)10(15)13(19-14)11(17)9-5-6-9/h8-9H,3-7,15H2,1-2H3. The van der Waals surface area contributed by atoms with Crippen LogP contribution in [0.1, 0.15) is 35.4 Å². The van der Waals surface area contributed by atoms with Crippen molar-refractivity contribution >= 4 is 27.8 Å². The number of methoxy groups -OCH3 is 1. The predicted octanol–water partition coefficient (Wildman–Crippen LogP) is 2.78. The van der Waals surface area contributed by atoms with Gasteiger partial charge in [-0.25, -0.2) is 0 Å². The summed E-state index contributed by atoms with van der Waals surface area (Å²) in [7, 11) is 3.68. The van der Waals surface area contributed by atoms with Crippen LogP contribution in [-0.2, 0) is 0 Å². The number of thiophene rings is 1. The summed E-state index contributed by atoms with van der Waals surface area (Å²) in [4.78, 5) is 15.1. The van der Waals surface area contributed by atoms with Gasteiger partial charge in [0.1, 0.15) is 5.00 Å². The molecule has 0 radical (unpaired) electrons. The Balaban J connectivity index is 1.88. The van der Waals surface area contributed by atoms with Gasteiger partial charge in [-0.05, 0) is 31.6 Å². The summed E-state index contributed by atoms with van der Waals surface area (Å²) in [6.07, 6.45) is 4.63. The van der Waals surface area contributed by atoms with Crippen LogP contribution >= 0.6 is 11.3 Å². The molecule has 1 aromatic heterocycles. The van der Waals surface area contributed by atoms with Gasteiger partial charge in [0.2, 0.25) is 0 Å². The third kappa shape index (κ3) is 2.43. The van der Waals surface area contributed by atoms with Gasteiger partial charge >= 0.3 is 0 Å².